The quantitative estimate of drug-likeness (QED) is 0.855. The summed E-state index contributed by atoms with van der Waals surface area (Å²) in [4.78, 5) is 29.6. The van der Waals surface area contributed by atoms with Crippen LogP contribution in [0.5, 0.6) is 0 Å². The Hall–Kier alpha value is -1.49. The highest BCUT2D eigenvalue weighted by Crippen LogP contribution is 2.23. The minimum Gasteiger partial charge on any atom is -0.447 e. The molecule has 0 aliphatic carbocycles. The number of halogens is 1. The molecule has 0 radical (unpaired) electrons. The second-order valence-electron chi connectivity index (χ2n) is 6.99. The Bertz CT molecular complexity index is 560. The number of likely N-dealkylation sites (tertiary alicyclic amines) is 1. The number of carbonyl (C=O) groups excluding carboxylic acids is 2. The van der Waals surface area contributed by atoms with Crippen LogP contribution in [-0.4, -0.2) is 41.0 Å². The molecule has 0 aromatic carbocycles. The Balaban J connectivity index is 2.08. The number of carbonyl (C=O) groups is 2. The summed E-state index contributed by atoms with van der Waals surface area (Å²) in [5.74, 6) is 0.178. The van der Waals surface area contributed by atoms with Crippen LogP contribution in [0.2, 0.25) is 5.02 Å². The zero-order valence-corrected chi connectivity index (χ0v) is 14.9. The largest absolute Gasteiger partial charge is 0.447 e. The number of hydrogen-bond acceptors (Lipinski definition) is 3. The van der Waals surface area contributed by atoms with Gasteiger partial charge >= 0.3 is 5.97 Å². The summed E-state index contributed by atoms with van der Waals surface area (Å²) in [6, 6.07) is 1.50. The SMILES string of the molecule is CC(C)[C@H](OC(=O)c1cc(Cl)c[nH]1)C(=O)N1C[C@H](C)C[C@H](C)C1. The van der Waals surface area contributed by atoms with E-state index in [0.717, 1.165) is 19.5 Å². The summed E-state index contributed by atoms with van der Waals surface area (Å²) in [6.07, 6.45) is 1.86. The van der Waals surface area contributed by atoms with Crippen LogP contribution in [0.25, 0.3) is 0 Å². The van der Waals surface area contributed by atoms with Crippen molar-refractivity contribution < 1.29 is 14.3 Å². The maximum Gasteiger partial charge on any atom is 0.355 e. The van der Waals surface area contributed by atoms with Crippen LogP contribution in [0, 0.1) is 17.8 Å². The number of ether oxygens (including phenoxy) is 1. The lowest BCUT2D eigenvalue weighted by Gasteiger charge is -2.37. The van der Waals surface area contributed by atoms with Gasteiger partial charge in [0.1, 0.15) is 5.69 Å². The first kappa shape index (κ1) is 17.9. The van der Waals surface area contributed by atoms with Gasteiger partial charge in [0.25, 0.3) is 5.91 Å². The molecule has 1 fully saturated rings. The molecular formula is C17H25ClN2O3. The van der Waals surface area contributed by atoms with Crippen LogP contribution in [0.1, 0.15) is 44.6 Å². The van der Waals surface area contributed by atoms with Crippen LogP contribution in [0.15, 0.2) is 12.3 Å². The van der Waals surface area contributed by atoms with Crippen molar-refractivity contribution in [1.29, 1.82) is 0 Å². The molecule has 0 spiro atoms. The molecule has 0 saturated carbocycles. The van der Waals surface area contributed by atoms with Gasteiger partial charge < -0.3 is 14.6 Å². The number of hydrogen-bond donors (Lipinski definition) is 1. The Morgan fingerprint density at radius 2 is 1.91 bits per heavy atom. The number of nitrogens with zero attached hydrogens (tertiary/aromatic N) is 1. The highest BCUT2D eigenvalue weighted by molar-refractivity contribution is 6.30. The number of rotatable bonds is 4. The Labute approximate surface area is 142 Å². The summed E-state index contributed by atoms with van der Waals surface area (Å²) in [6.45, 7) is 9.50. The van der Waals surface area contributed by atoms with E-state index < -0.39 is 12.1 Å². The smallest absolute Gasteiger partial charge is 0.355 e. The van der Waals surface area contributed by atoms with E-state index in [1.165, 1.54) is 12.3 Å². The number of H-pyrrole nitrogens is 1. The third kappa shape index (κ3) is 4.50. The van der Waals surface area contributed by atoms with Gasteiger partial charge in [0.2, 0.25) is 0 Å². The second-order valence-corrected chi connectivity index (χ2v) is 7.43. The normalized spacial score (nSPS) is 23.0. The predicted molar refractivity (Wildman–Crippen MR) is 89.4 cm³/mol. The molecule has 1 amide bonds. The first-order valence-electron chi connectivity index (χ1n) is 8.11. The van der Waals surface area contributed by atoms with Crippen molar-refractivity contribution in [2.75, 3.05) is 13.1 Å². The summed E-state index contributed by atoms with van der Waals surface area (Å²) in [5.41, 5.74) is 0.258. The topological polar surface area (TPSA) is 62.4 Å². The number of piperidine rings is 1. The van der Waals surface area contributed by atoms with Gasteiger partial charge in [-0.3, -0.25) is 4.79 Å². The van der Waals surface area contributed by atoms with Crippen LogP contribution in [0.4, 0.5) is 0 Å². The Morgan fingerprint density at radius 3 is 2.39 bits per heavy atom. The second kappa shape index (κ2) is 7.39. The highest BCUT2D eigenvalue weighted by atomic mass is 35.5. The minimum absolute atomic E-state index is 0.0931. The summed E-state index contributed by atoms with van der Waals surface area (Å²) >= 11 is 5.81. The monoisotopic (exact) mass is 340 g/mol. The third-order valence-electron chi connectivity index (χ3n) is 4.13. The third-order valence-corrected chi connectivity index (χ3v) is 4.35. The number of nitrogens with one attached hydrogen (secondary N) is 1. The van der Waals surface area contributed by atoms with E-state index in [-0.39, 0.29) is 17.5 Å². The van der Waals surface area contributed by atoms with Gasteiger partial charge in [0.15, 0.2) is 6.10 Å². The molecule has 128 valence electrons. The van der Waals surface area contributed by atoms with Crippen molar-refractivity contribution in [2.45, 2.75) is 40.2 Å². The molecule has 0 unspecified atom stereocenters. The number of esters is 1. The number of aromatic amines is 1. The van der Waals surface area contributed by atoms with Crippen LogP contribution in [0.3, 0.4) is 0 Å². The molecule has 6 heteroatoms. The lowest BCUT2D eigenvalue weighted by Crippen LogP contribution is -2.49. The van der Waals surface area contributed by atoms with E-state index >= 15 is 0 Å². The first-order chi connectivity index (χ1) is 10.8. The van der Waals surface area contributed by atoms with E-state index in [0.29, 0.717) is 16.9 Å². The molecule has 3 atom stereocenters. The molecule has 1 aromatic rings. The Kier molecular flexibility index (Phi) is 5.74. The minimum atomic E-state index is -0.776. The van der Waals surface area contributed by atoms with Gasteiger partial charge in [0.05, 0.1) is 5.02 Å². The molecule has 1 saturated heterocycles. The van der Waals surface area contributed by atoms with Crippen LogP contribution >= 0.6 is 11.6 Å². The molecule has 5 nitrogen and oxygen atoms in total. The lowest BCUT2D eigenvalue weighted by atomic mass is 9.91. The van der Waals surface area contributed by atoms with Crippen molar-refractivity contribution in [3.05, 3.63) is 23.0 Å². The fourth-order valence-electron chi connectivity index (χ4n) is 3.16. The zero-order chi connectivity index (χ0) is 17.1. The van der Waals surface area contributed by atoms with Crippen molar-refractivity contribution >= 4 is 23.5 Å². The van der Waals surface area contributed by atoms with Crippen molar-refractivity contribution in [1.82, 2.24) is 9.88 Å². The average Bonchev–Trinajstić information content (AvgIpc) is 2.89. The van der Waals surface area contributed by atoms with Crippen LogP contribution in [-0.2, 0) is 9.53 Å². The van der Waals surface area contributed by atoms with Gasteiger partial charge in [-0.25, -0.2) is 4.79 Å². The summed E-state index contributed by atoms with van der Waals surface area (Å²) < 4.78 is 5.48. The van der Waals surface area contributed by atoms with E-state index in [2.05, 4.69) is 18.8 Å². The Morgan fingerprint density at radius 1 is 1.30 bits per heavy atom. The first-order valence-corrected chi connectivity index (χ1v) is 8.49. The van der Waals surface area contributed by atoms with Gasteiger partial charge in [-0.1, -0.05) is 39.3 Å². The molecule has 1 aliphatic heterocycles. The van der Waals surface area contributed by atoms with Crippen molar-refractivity contribution in [3.8, 4) is 0 Å². The van der Waals surface area contributed by atoms with E-state index in [1.54, 1.807) is 0 Å². The van der Waals surface area contributed by atoms with E-state index in [4.69, 9.17) is 16.3 Å². The maximum atomic E-state index is 12.8. The number of aromatic nitrogens is 1. The van der Waals surface area contributed by atoms with Gasteiger partial charge in [-0.2, -0.15) is 0 Å². The molecule has 2 heterocycles. The summed E-state index contributed by atoms with van der Waals surface area (Å²) in [5, 5.41) is 0.433. The standard InChI is InChI=1S/C17H25ClN2O3/c1-10(2)15(23-17(22)14-6-13(18)7-19-14)16(21)20-8-11(3)5-12(4)9-20/h6-7,10-12,15,19H,5,8-9H2,1-4H3/t11-,12+,15-/m0/s1. The lowest BCUT2D eigenvalue weighted by molar-refractivity contribution is -0.145. The zero-order valence-electron chi connectivity index (χ0n) is 14.1. The molecule has 1 aliphatic rings. The van der Waals surface area contributed by atoms with E-state index in [9.17, 15) is 9.59 Å². The molecule has 0 bridgehead atoms. The van der Waals surface area contributed by atoms with Gasteiger partial charge in [-0.05, 0) is 30.2 Å². The number of amides is 1. The molecular weight excluding hydrogens is 316 g/mol. The summed E-state index contributed by atoms with van der Waals surface area (Å²) in [7, 11) is 0. The van der Waals surface area contributed by atoms with Crippen LogP contribution < -0.4 is 0 Å². The highest BCUT2D eigenvalue weighted by Gasteiger charge is 2.34. The van der Waals surface area contributed by atoms with Gasteiger partial charge in [-0.15, -0.1) is 0 Å². The van der Waals surface area contributed by atoms with E-state index in [1.807, 2.05) is 18.7 Å². The molecule has 2 rings (SSSR count). The maximum absolute atomic E-state index is 12.8. The predicted octanol–water partition coefficient (Wildman–Crippen LogP) is 3.35. The van der Waals surface area contributed by atoms with Gasteiger partial charge in [0, 0.05) is 19.3 Å². The van der Waals surface area contributed by atoms with Crippen molar-refractivity contribution in [2.24, 2.45) is 17.8 Å². The fraction of sp³-hybridized carbons (Fsp3) is 0.647. The molecule has 1 N–H and O–H groups in total. The average molecular weight is 341 g/mol. The van der Waals surface area contributed by atoms with Crippen molar-refractivity contribution in [3.63, 3.8) is 0 Å². The fourth-order valence-corrected chi connectivity index (χ4v) is 3.32. The molecule has 1 aromatic heterocycles. The molecule has 23 heavy (non-hydrogen) atoms.